The number of hydrogen-bond acceptors (Lipinski definition) is 7. The molecule has 0 aliphatic heterocycles. The van der Waals surface area contributed by atoms with Gasteiger partial charge >= 0.3 is 0 Å². The Kier molecular flexibility index (Phi) is 8.76. The first kappa shape index (κ1) is 31.1. The van der Waals surface area contributed by atoms with Crippen molar-refractivity contribution in [1.82, 2.24) is 30.1 Å². The molecule has 2 unspecified atom stereocenters. The number of imidazole rings is 1. The van der Waals surface area contributed by atoms with Gasteiger partial charge in [-0.1, -0.05) is 6.92 Å². The molecular formula is C31H41N7O6. The molecule has 4 amide bonds. The van der Waals surface area contributed by atoms with Gasteiger partial charge in [0.1, 0.15) is 24.0 Å². The third-order valence-electron chi connectivity index (χ3n) is 9.27. The molecule has 3 atom stereocenters. The average molecular weight is 608 g/mol. The Morgan fingerprint density at radius 1 is 1.11 bits per heavy atom. The van der Waals surface area contributed by atoms with E-state index in [1.54, 1.807) is 20.0 Å². The lowest BCUT2D eigenvalue weighted by Gasteiger charge is -2.61. The van der Waals surface area contributed by atoms with Crippen LogP contribution >= 0.6 is 0 Å². The number of hydrogen-bond donors (Lipinski definition) is 4. The smallest absolute Gasteiger partial charge is 0.287 e. The molecule has 0 aromatic carbocycles. The quantitative estimate of drug-likeness (QED) is 0.263. The molecule has 4 saturated carbocycles. The molecule has 4 aliphatic carbocycles. The first-order chi connectivity index (χ1) is 20.9. The van der Waals surface area contributed by atoms with E-state index in [-0.39, 0.29) is 54.2 Å². The molecule has 13 heteroatoms. The van der Waals surface area contributed by atoms with Crippen LogP contribution in [0.4, 0.5) is 5.69 Å². The predicted molar refractivity (Wildman–Crippen MR) is 160 cm³/mol. The third-order valence-corrected chi connectivity index (χ3v) is 9.27. The summed E-state index contributed by atoms with van der Waals surface area (Å²) in [6.45, 7) is 4.07. The SMILES string of the molecule is CCNC(=O)C(=O)CC[C@H](NC(=O)c1cncn1C)C(=O)Nc1cccn(CC(=O)NC23CC4CC(CC(C)(C4)C2)C3)c1=O. The number of Topliss-reactive ketones (excluding diaryl/α,β-unsaturated/α-hetero) is 1. The number of nitrogens with one attached hydrogen (secondary N) is 4. The fraction of sp³-hybridized carbons (Fsp3) is 0.581. The molecule has 4 bridgehead atoms. The standard InChI is InChI=1S/C31H41N7O6/c1-4-33-28(43)24(39)8-7-21(34-27(42)23-15-32-18-37(23)3)26(41)35-22-6-5-9-38(29(22)44)16-25(40)36-31-13-19-10-20(14-31)12-30(2,11-19)17-31/h5-6,9,15,18-21H,4,7-8,10-14,16-17H2,1-3H3,(H,33,43)(H,34,42)(H,35,41)(H,36,40)/t19?,20?,21-,30?,31?/m0/s1. The molecule has 236 valence electrons. The highest BCUT2D eigenvalue weighted by Crippen LogP contribution is 2.61. The Labute approximate surface area is 255 Å². The summed E-state index contributed by atoms with van der Waals surface area (Å²) < 4.78 is 2.71. The number of ketones is 1. The maximum Gasteiger partial charge on any atom is 0.287 e. The van der Waals surface area contributed by atoms with E-state index >= 15 is 0 Å². The number of carbonyl (C=O) groups excluding carboxylic acids is 5. The number of nitrogens with zero attached hydrogens (tertiary/aromatic N) is 3. The number of pyridine rings is 1. The molecular weight excluding hydrogens is 566 g/mol. The van der Waals surface area contributed by atoms with Gasteiger partial charge in [0.15, 0.2) is 0 Å². The van der Waals surface area contributed by atoms with Gasteiger partial charge in [-0.25, -0.2) is 4.98 Å². The summed E-state index contributed by atoms with van der Waals surface area (Å²) in [5.41, 5.74) is -0.452. The number of likely N-dealkylation sites (N-methyl/N-ethyl adjacent to an activating group) is 1. The number of amides is 4. The molecule has 44 heavy (non-hydrogen) atoms. The minimum absolute atomic E-state index is 0.0811. The van der Waals surface area contributed by atoms with E-state index in [2.05, 4.69) is 33.2 Å². The molecule has 6 rings (SSSR count). The molecule has 4 fully saturated rings. The van der Waals surface area contributed by atoms with E-state index in [0.29, 0.717) is 11.8 Å². The van der Waals surface area contributed by atoms with Crippen LogP contribution in [0.5, 0.6) is 0 Å². The largest absolute Gasteiger partial charge is 0.350 e. The van der Waals surface area contributed by atoms with Crippen LogP contribution in [0.1, 0.15) is 75.7 Å². The van der Waals surface area contributed by atoms with Crippen molar-refractivity contribution in [1.29, 1.82) is 0 Å². The molecule has 4 N–H and O–H groups in total. The van der Waals surface area contributed by atoms with Crippen molar-refractivity contribution in [3.05, 3.63) is 46.9 Å². The van der Waals surface area contributed by atoms with Crippen LogP contribution in [0.2, 0.25) is 0 Å². The molecule has 0 spiro atoms. The fourth-order valence-corrected chi connectivity index (χ4v) is 8.06. The summed E-state index contributed by atoms with van der Waals surface area (Å²) in [6, 6.07) is 1.72. The maximum atomic E-state index is 13.4. The zero-order valence-corrected chi connectivity index (χ0v) is 25.5. The van der Waals surface area contributed by atoms with Gasteiger partial charge < -0.3 is 30.4 Å². The van der Waals surface area contributed by atoms with E-state index in [0.717, 1.165) is 19.3 Å². The normalized spacial score (nSPS) is 25.6. The Morgan fingerprint density at radius 2 is 1.84 bits per heavy atom. The highest BCUT2D eigenvalue weighted by Gasteiger charge is 2.56. The van der Waals surface area contributed by atoms with Gasteiger partial charge in [-0.15, -0.1) is 0 Å². The highest BCUT2D eigenvalue weighted by molar-refractivity contribution is 6.36. The van der Waals surface area contributed by atoms with Crippen molar-refractivity contribution in [3.63, 3.8) is 0 Å². The monoisotopic (exact) mass is 607 g/mol. The Bertz CT molecular complexity index is 1510. The second-order valence-corrected chi connectivity index (χ2v) is 13.2. The van der Waals surface area contributed by atoms with Gasteiger partial charge in [-0.2, -0.15) is 0 Å². The second kappa shape index (κ2) is 12.4. The van der Waals surface area contributed by atoms with Gasteiger partial charge in [0.05, 0.1) is 12.5 Å². The number of anilines is 1. The van der Waals surface area contributed by atoms with Crippen LogP contribution in [0.25, 0.3) is 0 Å². The van der Waals surface area contributed by atoms with Gasteiger partial charge in [0.2, 0.25) is 17.6 Å². The van der Waals surface area contributed by atoms with Gasteiger partial charge in [-0.3, -0.25) is 28.8 Å². The van der Waals surface area contributed by atoms with Crippen molar-refractivity contribution in [2.45, 2.75) is 83.3 Å². The van der Waals surface area contributed by atoms with E-state index in [1.165, 1.54) is 53.2 Å². The Balaban J connectivity index is 1.26. The summed E-state index contributed by atoms with van der Waals surface area (Å²) >= 11 is 0. The van der Waals surface area contributed by atoms with Gasteiger partial charge in [0, 0.05) is 31.7 Å². The minimum atomic E-state index is -1.25. The average Bonchev–Trinajstić information content (AvgIpc) is 3.37. The van der Waals surface area contributed by atoms with Crippen LogP contribution in [-0.4, -0.2) is 61.7 Å². The molecule has 2 aromatic heterocycles. The second-order valence-electron chi connectivity index (χ2n) is 13.2. The predicted octanol–water partition coefficient (Wildman–Crippen LogP) is 1.28. The summed E-state index contributed by atoms with van der Waals surface area (Å²) in [6.07, 6.45) is 10.3. The summed E-state index contributed by atoms with van der Waals surface area (Å²) in [7, 11) is 1.61. The van der Waals surface area contributed by atoms with Crippen molar-refractivity contribution < 1.29 is 24.0 Å². The summed E-state index contributed by atoms with van der Waals surface area (Å²) in [5, 5.41) is 10.8. The zero-order valence-electron chi connectivity index (χ0n) is 25.5. The topological polar surface area (TPSA) is 173 Å². The van der Waals surface area contributed by atoms with Crippen molar-refractivity contribution in [2.24, 2.45) is 24.3 Å². The van der Waals surface area contributed by atoms with Crippen LogP contribution in [0.3, 0.4) is 0 Å². The maximum absolute atomic E-state index is 13.4. The zero-order chi connectivity index (χ0) is 31.6. The van der Waals surface area contributed by atoms with Gasteiger partial charge in [0.25, 0.3) is 17.4 Å². The minimum Gasteiger partial charge on any atom is -0.350 e. The summed E-state index contributed by atoms with van der Waals surface area (Å²) in [5.74, 6) is -1.86. The van der Waals surface area contributed by atoms with Gasteiger partial charge in [-0.05, 0) is 81.3 Å². The number of rotatable bonds is 12. The highest BCUT2D eigenvalue weighted by atomic mass is 16.2. The van der Waals surface area contributed by atoms with E-state index in [9.17, 15) is 28.8 Å². The molecule has 0 radical (unpaired) electrons. The molecule has 4 aliphatic rings. The van der Waals surface area contributed by atoms with Crippen LogP contribution in [-0.2, 0) is 32.8 Å². The number of aryl methyl sites for hydroxylation is 1. The lowest BCUT2D eigenvalue weighted by molar-refractivity contribution is -0.138. The van der Waals surface area contributed by atoms with Crippen molar-refractivity contribution in [2.75, 3.05) is 11.9 Å². The third kappa shape index (κ3) is 6.76. The summed E-state index contributed by atoms with van der Waals surface area (Å²) in [4.78, 5) is 80.9. The first-order valence-electron chi connectivity index (χ1n) is 15.3. The van der Waals surface area contributed by atoms with Crippen LogP contribution in [0.15, 0.2) is 35.6 Å². The lowest BCUT2D eigenvalue weighted by atomic mass is 9.47. The molecule has 0 saturated heterocycles. The van der Waals surface area contributed by atoms with E-state index in [4.69, 9.17) is 0 Å². The van der Waals surface area contributed by atoms with E-state index in [1.807, 2.05) is 0 Å². The lowest BCUT2D eigenvalue weighted by Crippen LogP contribution is -2.63. The van der Waals surface area contributed by atoms with E-state index < -0.39 is 35.1 Å². The Hall–Kier alpha value is -4.29. The molecule has 2 heterocycles. The van der Waals surface area contributed by atoms with Crippen LogP contribution in [0, 0.1) is 17.3 Å². The fourth-order valence-electron chi connectivity index (χ4n) is 8.06. The Morgan fingerprint density at radius 3 is 2.48 bits per heavy atom. The number of carbonyl (C=O) groups is 5. The number of aromatic nitrogens is 3. The molecule has 13 nitrogen and oxygen atoms in total. The van der Waals surface area contributed by atoms with Crippen molar-refractivity contribution in [3.8, 4) is 0 Å². The van der Waals surface area contributed by atoms with Crippen molar-refractivity contribution >= 4 is 35.1 Å². The molecule has 2 aromatic rings. The van der Waals surface area contributed by atoms with Crippen LogP contribution < -0.4 is 26.8 Å². The first-order valence-corrected chi connectivity index (χ1v) is 15.3.